The second-order valence-electron chi connectivity index (χ2n) is 4.02. The molecule has 3 N–H and O–H groups in total. The molecule has 1 aliphatic rings. The summed E-state index contributed by atoms with van der Waals surface area (Å²) in [5.74, 6) is -0.0648. The Balaban J connectivity index is 2.13. The topological polar surface area (TPSA) is 97.1 Å². The van der Waals surface area contributed by atoms with Crippen molar-refractivity contribution in [3.05, 3.63) is 5.69 Å². The van der Waals surface area contributed by atoms with Crippen molar-refractivity contribution in [3.8, 4) is 0 Å². The lowest BCUT2D eigenvalue weighted by atomic mass is 10.2. The monoisotopic (exact) mass is 225 g/mol. The Morgan fingerprint density at radius 2 is 2.06 bits per heavy atom. The summed E-state index contributed by atoms with van der Waals surface area (Å²) in [7, 11) is 0. The lowest BCUT2D eigenvalue weighted by Crippen LogP contribution is -2.48. The van der Waals surface area contributed by atoms with Crippen molar-refractivity contribution in [2.75, 3.05) is 18.8 Å². The van der Waals surface area contributed by atoms with Crippen LogP contribution in [-0.2, 0) is 4.74 Å². The summed E-state index contributed by atoms with van der Waals surface area (Å²) in [5.41, 5.74) is 5.72. The van der Waals surface area contributed by atoms with E-state index in [-0.39, 0.29) is 29.6 Å². The van der Waals surface area contributed by atoms with Gasteiger partial charge >= 0.3 is 0 Å². The normalized spacial score (nSPS) is 25.8. The van der Waals surface area contributed by atoms with E-state index in [1.165, 1.54) is 0 Å². The number of aromatic amines is 1. The van der Waals surface area contributed by atoms with Crippen LogP contribution >= 0.6 is 0 Å². The van der Waals surface area contributed by atoms with E-state index < -0.39 is 0 Å². The van der Waals surface area contributed by atoms with Crippen molar-refractivity contribution in [2.24, 2.45) is 0 Å². The molecule has 1 saturated heterocycles. The summed E-state index contributed by atoms with van der Waals surface area (Å²) in [5, 5.41) is 9.72. The molecule has 2 atom stereocenters. The number of nitrogen functional groups attached to an aromatic ring is 1. The van der Waals surface area contributed by atoms with Gasteiger partial charge in [-0.3, -0.25) is 4.79 Å². The number of anilines is 1. The number of nitrogens with one attached hydrogen (secondary N) is 1. The van der Waals surface area contributed by atoms with E-state index in [1.807, 2.05) is 13.8 Å². The molecule has 1 aromatic heterocycles. The Kier molecular flexibility index (Phi) is 2.78. The summed E-state index contributed by atoms with van der Waals surface area (Å²) in [4.78, 5) is 13.7. The molecule has 2 heterocycles. The lowest BCUT2D eigenvalue weighted by Gasteiger charge is -2.34. The predicted octanol–water partition coefficient (Wildman–Crippen LogP) is -0.364. The Bertz CT molecular complexity index is 381. The zero-order valence-corrected chi connectivity index (χ0v) is 9.30. The quantitative estimate of drug-likeness (QED) is 0.680. The number of aromatic nitrogens is 3. The third kappa shape index (κ3) is 1.99. The number of H-pyrrole nitrogens is 1. The van der Waals surface area contributed by atoms with Gasteiger partial charge in [0.2, 0.25) is 0 Å². The predicted molar refractivity (Wildman–Crippen MR) is 56.7 cm³/mol. The van der Waals surface area contributed by atoms with Crippen LogP contribution < -0.4 is 5.73 Å². The highest BCUT2D eigenvalue weighted by Crippen LogP contribution is 2.14. The number of carbonyl (C=O) groups is 1. The van der Waals surface area contributed by atoms with Gasteiger partial charge in [-0.2, -0.15) is 5.21 Å². The molecular formula is C9H15N5O2. The summed E-state index contributed by atoms with van der Waals surface area (Å²) >= 11 is 0. The molecule has 1 amide bonds. The Morgan fingerprint density at radius 1 is 1.44 bits per heavy atom. The van der Waals surface area contributed by atoms with Gasteiger partial charge in [-0.1, -0.05) is 0 Å². The van der Waals surface area contributed by atoms with E-state index in [1.54, 1.807) is 4.90 Å². The molecule has 1 fully saturated rings. The molecule has 1 aliphatic heterocycles. The van der Waals surface area contributed by atoms with Crippen LogP contribution in [0.2, 0.25) is 0 Å². The molecule has 2 rings (SSSR count). The molecule has 0 spiro atoms. The molecule has 2 unspecified atom stereocenters. The maximum atomic E-state index is 12.0. The molecule has 7 heteroatoms. The van der Waals surface area contributed by atoms with E-state index in [2.05, 4.69) is 15.4 Å². The lowest BCUT2D eigenvalue weighted by molar-refractivity contribution is -0.0587. The van der Waals surface area contributed by atoms with Crippen molar-refractivity contribution < 1.29 is 9.53 Å². The minimum Gasteiger partial charge on any atom is -0.380 e. The van der Waals surface area contributed by atoms with Crippen LogP contribution in [0.5, 0.6) is 0 Å². The first kappa shape index (κ1) is 10.9. The Hall–Kier alpha value is -1.63. The zero-order valence-electron chi connectivity index (χ0n) is 9.30. The molecular weight excluding hydrogens is 210 g/mol. The third-order valence-electron chi connectivity index (χ3n) is 2.48. The van der Waals surface area contributed by atoms with E-state index in [4.69, 9.17) is 10.5 Å². The SMILES string of the molecule is CC1CN(C(=O)c2n[nH]nc2N)CC(C)O1. The zero-order chi connectivity index (χ0) is 11.7. The van der Waals surface area contributed by atoms with Gasteiger partial charge in [-0.25, -0.2) is 0 Å². The largest absolute Gasteiger partial charge is 0.380 e. The molecule has 0 saturated carbocycles. The fourth-order valence-electron chi connectivity index (χ4n) is 1.89. The van der Waals surface area contributed by atoms with E-state index in [9.17, 15) is 4.79 Å². The molecule has 88 valence electrons. The number of nitrogens with two attached hydrogens (primary N) is 1. The molecule has 0 aliphatic carbocycles. The van der Waals surface area contributed by atoms with E-state index in [0.29, 0.717) is 13.1 Å². The van der Waals surface area contributed by atoms with Crippen LogP contribution in [0.1, 0.15) is 24.3 Å². The highest BCUT2D eigenvalue weighted by atomic mass is 16.5. The summed E-state index contributed by atoms with van der Waals surface area (Å²) in [6, 6.07) is 0. The maximum absolute atomic E-state index is 12.0. The van der Waals surface area contributed by atoms with Crippen LogP contribution in [0, 0.1) is 0 Å². The van der Waals surface area contributed by atoms with Crippen molar-refractivity contribution >= 4 is 11.7 Å². The number of hydrogen-bond acceptors (Lipinski definition) is 5. The number of amides is 1. The van der Waals surface area contributed by atoms with Crippen LogP contribution in [-0.4, -0.2) is 51.5 Å². The fraction of sp³-hybridized carbons (Fsp3) is 0.667. The van der Waals surface area contributed by atoms with Crippen LogP contribution in [0.25, 0.3) is 0 Å². The van der Waals surface area contributed by atoms with Gasteiger partial charge in [0, 0.05) is 13.1 Å². The number of morpholine rings is 1. The maximum Gasteiger partial charge on any atom is 0.278 e. The average Bonchev–Trinajstić information content (AvgIpc) is 2.62. The van der Waals surface area contributed by atoms with Gasteiger partial charge in [0.25, 0.3) is 5.91 Å². The van der Waals surface area contributed by atoms with E-state index >= 15 is 0 Å². The molecule has 0 aromatic carbocycles. The highest BCUT2D eigenvalue weighted by molar-refractivity contribution is 5.96. The van der Waals surface area contributed by atoms with Gasteiger partial charge in [0.15, 0.2) is 11.5 Å². The van der Waals surface area contributed by atoms with Gasteiger partial charge in [-0.05, 0) is 13.8 Å². The Labute approximate surface area is 92.9 Å². The molecule has 1 aromatic rings. The fourth-order valence-corrected chi connectivity index (χ4v) is 1.89. The first-order valence-electron chi connectivity index (χ1n) is 5.19. The van der Waals surface area contributed by atoms with Gasteiger partial charge < -0.3 is 15.4 Å². The second kappa shape index (κ2) is 4.09. The molecule has 7 nitrogen and oxygen atoms in total. The minimum absolute atomic E-state index is 0.0285. The molecule has 0 radical (unpaired) electrons. The number of rotatable bonds is 1. The van der Waals surface area contributed by atoms with Crippen molar-refractivity contribution in [3.63, 3.8) is 0 Å². The van der Waals surface area contributed by atoms with Gasteiger partial charge in [0.1, 0.15) is 0 Å². The van der Waals surface area contributed by atoms with Crippen LogP contribution in [0.3, 0.4) is 0 Å². The smallest absolute Gasteiger partial charge is 0.278 e. The summed E-state index contributed by atoms with van der Waals surface area (Å²) in [6.07, 6.45) is 0.0571. The van der Waals surface area contributed by atoms with Gasteiger partial charge in [0.05, 0.1) is 12.2 Å². The third-order valence-corrected chi connectivity index (χ3v) is 2.48. The summed E-state index contributed by atoms with van der Waals surface area (Å²) < 4.78 is 5.55. The van der Waals surface area contributed by atoms with Crippen LogP contribution in [0.4, 0.5) is 5.82 Å². The molecule has 0 bridgehead atoms. The standard InChI is InChI=1S/C9H15N5O2/c1-5-3-14(4-6(2)16-5)9(15)7-8(10)12-13-11-7/h5-6H,3-4H2,1-2H3,(H3,10,11,12,13). The van der Waals surface area contributed by atoms with E-state index in [0.717, 1.165) is 0 Å². The second-order valence-corrected chi connectivity index (χ2v) is 4.02. The molecule has 16 heavy (non-hydrogen) atoms. The van der Waals surface area contributed by atoms with Gasteiger partial charge in [-0.15, -0.1) is 10.2 Å². The number of nitrogens with zero attached hydrogens (tertiary/aromatic N) is 3. The first-order valence-corrected chi connectivity index (χ1v) is 5.19. The average molecular weight is 225 g/mol. The first-order chi connectivity index (χ1) is 7.58. The number of carbonyl (C=O) groups excluding carboxylic acids is 1. The van der Waals surface area contributed by atoms with Crippen molar-refractivity contribution in [1.29, 1.82) is 0 Å². The van der Waals surface area contributed by atoms with Crippen molar-refractivity contribution in [1.82, 2.24) is 20.3 Å². The Morgan fingerprint density at radius 3 is 2.56 bits per heavy atom. The summed E-state index contributed by atoms with van der Waals surface area (Å²) in [6.45, 7) is 4.97. The van der Waals surface area contributed by atoms with Crippen molar-refractivity contribution in [2.45, 2.75) is 26.1 Å². The highest BCUT2D eigenvalue weighted by Gasteiger charge is 2.29. The van der Waals surface area contributed by atoms with Crippen LogP contribution in [0.15, 0.2) is 0 Å². The number of hydrogen-bond donors (Lipinski definition) is 2. The number of ether oxygens (including phenoxy) is 1. The minimum atomic E-state index is -0.201.